The van der Waals surface area contributed by atoms with E-state index < -0.39 is 5.91 Å². The Morgan fingerprint density at radius 1 is 1.00 bits per heavy atom. The molecule has 30 heavy (non-hydrogen) atoms. The molecule has 0 saturated carbocycles. The van der Waals surface area contributed by atoms with Gasteiger partial charge in [0.25, 0.3) is 11.8 Å². The van der Waals surface area contributed by atoms with E-state index in [1.165, 1.54) is 6.26 Å². The Morgan fingerprint density at radius 3 is 2.53 bits per heavy atom. The summed E-state index contributed by atoms with van der Waals surface area (Å²) in [5, 5.41) is 6.54. The van der Waals surface area contributed by atoms with Crippen LogP contribution in [0, 0.1) is 0 Å². The summed E-state index contributed by atoms with van der Waals surface area (Å²) in [7, 11) is 1.94. The molecule has 2 N–H and O–H groups in total. The van der Waals surface area contributed by atoms with Gasteiger partial charge in [-0.05, 0) is 29.8 Å². The van der Waals surface area contributed by atoms with Gasteiger partial charge in [-0.15, -0.1) is 0 Å². The molecule has 0 atom stereocenters. The van der Waals surface area contributed by atoms with Crippen LogP contribution < -0.4 is 10.6 Å². The van der Waals surface area contributed by atoms with Crippen molar-refractivity contribution in [2.75, 3.05) is 0 Å². The van der Waals surface area contributed by atoms with E-state index in [4.69, 9.17) is 4.42 Å². The first kappa shape index (κ1) is 19.3. The molecule has 0 radical (unpaired) electrons. The summed E-state index contributed by atoms with van der Waals surface area (Å²) in [6.45, 7) is 0.350. The Labute approximate surface area is 173 Å². The fourth-order valence-corrected chi connectivity index (χ4v) is 3.27. The van der Waals surface area contributed by atoms with Crippen LogP contribution in [0.3, 0.4) is 0 Å². The zero-order valence-corrected chi connectivity index (χ0v) is 16.5. The number of amides is 2. The molecule has 2 heterocycles. The lowest BCUT2D eigenvalue weighted by atomic mass is 10.1. The fraction of sp³-hybridized carbons (Fsp3) is 0.0833. The average Bonchev–Trinajstić information content (AvgIpc) is 3.41. The molecular formula is C24H21N3O3. The number of furan rings is 1. The SMILES string of the molecule is Cn1cc(C=C(NC(=O)c2ccco2)C(=O)NCc2ccccc2)c2ccccc21. The van der Waals surface area contributed by atoms with Gasteiger partial charge in [-0.1, -0.05) is 48.5 Å². The molecule has 2 aromatic carbocycles. The predicted molar refractivity (Wildman–Crippen MR) is 115 cm³/mol. The van der Waals surface area contributed by atoms with Crippen molar-refractivity contribution in [3.63, 3.8) is 0 Å². The quantitative estimate of drug-likeness (QED) is 0.484. The minimum atomic E-state index is -0.485. The third-order valence-electron chi connectivity index (χ3n) is 4.76. The van der Waals surface area contributed by atoms with Gasteiger partial charge < -0.3 is 19.6 Å². The highest BCUT2D eigenvalue weighted by Gasteiger charge is 2.17. The number of nitrogens with one attached hydrogen (secondary N) is 2. The molecule has 0 spiro atoms. The molecule has 0 aliphatic carbocycles. The van der Waals surface area contributed by atoms with Crippen LogP contribution in [0.15, 0.2) is 89.3 Å². The monoisotopic (exact) mass is 399 g/mol. The summed E-state index contributed by atoms with van der Waals surface area (Å²) in [4.78, 5) is 25.5. The predicted octanol–water partition coefficient (Wildman–Crippen LogP) is 3.86. The van der Waals surface area contributed by atoms with E-state index in [0.717, 1.165) is 22.0 Å². The molecule has 2 amide bonds. The zero-order chi connectivity index (χ0) is 20.9. The maximum atomic E-state index is 12.9. The lowest BCUT2D eigenvalue weighted by Crippen LogP contribution is -2.34. The highest BCUT2D eigenvalue weighted by atomic mass is 16.3. The van der Waals surface area contributed by atoms with Crippen molar-refractivity contribution in [1.82, 2.24) is 15.2 Å². The van der Waals surface area contributed by atoms with Crippen LogP contribution in [0.2, 0.25) is 0 Å². The van der Waals surface area contributed by atoms with Crippen molar-refractivity contribution < 1.29 is 14.0 Å². The summed E-state index contributed by atoms with van der Waals surface area (Å²) >= 11 is 0. The lowest BCUT2D eigenvalue weighted by molar-refractivity contribution is -0.117. The molecule has 0 fully saturated rings. The molecule has 4 aromatic rings. The maximum absolute atomic E-state index is 12.9. The molecule has 0 unspecified atom stereocenters. The Balaban J connectivity index is 1.64. The molecule has 4 rings (SSSR count). The maximum Gasteiger partial charge on any atom is 0.291 e. The van der Waals surface area contributed by atoms with E-state index >= 15 is 0 Å². The van der Waals surface area contributed by atoms with Crippen molar-refractivity contribution in [3.8, 4) is 0 Å². The molecule has 150 valence electrons. The molecule has 2 aromatic heterocycles. The number of carbonyl (C=O) groups excluding carboxylic acids is 2. The third-order valence-corrected chi connectivity index (χ3v) is 4.76. The summed E-state index contributed by atoms with van der Waals surface area (Å²) in [6, 6.07) is 20.6. The highest BCUT2D eigenvalue weighted by molar-refractivity contribution is 6.05. The second-order valence-electron chi connectivity index (χ2n) is 6.87. The van der Waals surface area contributed by atoms with Crippen molar-refractivity contribution in [2.45, 2.75) is 6.54 Å². The van der Waals surface area contributed by atoms with E-state index in [9.17, 15) is 9.59 Å². The van der Waals surface area contributed by atoms with Crippen LogP contribution in [-0.4, -0.2) is 16.4 Å². The number of para-hydroxylation sites is 1. The number of aromatic nitrogens is 1. The summed E-state index contributed by atoms with van der Waals surface area (Å²) in [5.74, 6) is -0.734. The number of hydrogen-bond donors (Lipinski definition) is 2. The van der Waals surface area contributed by atoms with E-state index in [1.54, 1.807) is 18.2 Å². The van der Waals surface area contributed by atoms with Crippen molar-refractivity contribution in [2.24, 2.45) is 7.05 Å². The van der Waals surface area contributed by atoms with Gasteiger partial charge in [0.2, 0.25) is 0 Å². The molecule has 6 nitrogen and oxygen atoms in total. The third kappa shape index (κ3) is 4.17. The molecular weight excluding hydrogens is 378 g/mol. The Morgan fingerprint density at radius 2 is 1.77 bits per heavy atom. The number of aryl methyl sites for hydroxylation is 1. The smallest absolute Gasteiger partial charge is 0.291 e. The average molecular weight is 399 g/mol. The largest absolute Gasteiger partial charge is 0.459 e. The van der Waals surface area contributed by atoms with Crippen LogP contribution in [-0.2, 0) is 18.4 Å². The first-order chi connectivity index (χ1) is 14.6. The zero-order valence-electron chi connectivity index (χ0n) is 16.5. The summed E-state index contributed by atoms with van der Waals surface area (Å²) in [6.07, 6.45) is 5.02. The van der Waals surface area contributed by atoms with Gasteiger partial charge >= 0.3 is 0 Å². The lowest BCUT2D eigenvalue weighted by Gasteiger charge is -2.10. The topological polar surface area (TPSA) is 76.3 Å². The van der Waals surface area contributed by atoms with E-state index in [2.05, 4.69) is 10.6 Å². The van der Waals surface area contributed by atoms with Gasteiger partial charge in [-0.2, -0.15) is 0 Å². The first-order valence-corrected chi connectivity index (χ1v) is 9.54. The van der Waals surface area contributed by atoms with Crippen LogP contribution >= 0.6 is 0 Å². The van der Waals surface area contributed by atoms with Gasteiger partial charge in [0.1, 0.15) is 5.70 Å². The van der Waals surface area contributed by atoms with E-state index in [1.807, 2.05) is 72.4 Å². The minimum absolute atomic E-state index is 0.134. The summed E-state index contributed by atoms with van der Waals surface area (Å²) in [5.41, 5.74) is 2.97. The second kappa shape index (κ2) is 8.53. The second-order valence-corrected chi connectivity index (χ2v) is 6.87. The normalized spacial score (nSPS) is 11.4. The summed E-state index contributed by atoms with van der Waals surface area (Å²) < 4.78 is 7.14. The van der Waals surface area contributed by atoms with Gasteiger partial charge in [0.15, 0.2) is 5.76 Å². The van der Waals surface area contributed by atoms with E-state index in [-0.39, 0.29) is 17.4 Å². The standard InChI is InChI=1S/C24H21N3O3/c1-27-16-18(19-10-5-6-11-21(19)27)14-20(26-24(29)22-12-7-13-30-22)23(28)25-15-17-8-3-2-4-9-17/h2-14,16H,15H2,1H3,(H,25,28)(H,26,29). The minimum Gasteiger partial charge on any atom is -0.459 e. The number of rotatable bonds is 6. The van der Waals surface area contributed by atoms with Crippen LogP contribution in [0.1, 0.15) is 21.7 Å². The van der Waals surface area contributed by atoms with Crippen LogP contribution in [0.25, 0.3) is 17.0 Å². The number of carbonyl (C=O) groups is 2. The van der Waals surface area contributed by atoms with E-state index in [0.29, 0.717) is 6.54 Å². The van der Waals surface area contributed by atoms with Crippen LogP contribution in [0.4, 0.5) is 0 Å². The molecule has 0 bridgehead atoms. The van der Waals surface area contributed by atoms with Gasteiger partial charge in [-0.25, -0.2) is 0 Å². The molecule has 0 aliphatic heterocycles. The number of benzene rings is 2. The number of fused-ring (bicyclic) bond motifs is 1. The van der Waals surface area contributed by atoms with Crippen molar-refractivity contribution in [3.05, 3.63) is 102 Å². The van der Waals surface area contributed by atoms with Crippen LogP contribution in [0.5, 0.6) is 0 Å². The highest BCUT2D eigenvalue weighted by Crippen LogP contribution is 2.22. The Kier molecular flexibility index (Phi) is 5.48. The molecule has 6 heteroatoms. The number of nitrogens with zero attached hydrogens (tertiary/aromatic N) is 1. The Hall–Kier alpha value is -4.06. The number of hydrogen-bond acceptors (Lipinski definition) is 3. The van der Waals surface area contributed by atoms with Gasteiger partial charge in [0, 0.05) is 36.3 Å². The van der Waals surface area contributed by atoms with Crippen molar-refractivity contribution >= 4 is 28.8 Å². The fourth-order valence-electron chi connectivity index (χ4n) is 3.27. The van der Waals surface area contributed by atoms with Gasteiger partial charge in [0.05, 0.1) is 6.26 Å². The van der Waals surface area contributed by atoms with Crippen molar-refractivity contribution in [1.29, 1.82) is 0 Å². The first-order valence-electron chi connectivity index (χ1n) is 9.54. The van der Waals surface area contributed by atoms with Gasteiger partial charge in [-0.3, -0.25) is 9.59 Å². The molecule has 0 saturated heterocycles. The molecule has 0 aliphatic rings. The Bertz CT molecular complexity index is 1210.